The fourth-order valence-electron chi connectivity index (χ4n) is 2.91. The van der Waals surface area contributed by atoms with Crippen LogP contribution in [0.25, 0.3) is 0 Å². The molecule has 0 atom stereocenters. The molecule has 0 spiro atoms. The zero-order chi connectivity index (χ0) is 24.6. The Bertz CT molecular complexity index is 1050. The van der Waals surface area contributed by atoms with Crippen LogP contribution < -0.4 is 14.8 Å². The number of carbonyl (C=O) groups is 2. The summed E-state index contributed by atoms with van der Waals surface area (Å²) in [7, 11) is -0.208. The number of amides is 3. The lowest BCUT2D eigenvalue weighted by molar-refractivity contribution is -0.114. The first kappa shape index (κ1) is 26.1. The molecule has 0 saturated carbocycles. The molecule has 2 N–H and O–H groups in total. The molecule has 0 bridgehead atoms. The van der Waals surface area contributed by atoms with Crippen LogP contribution in [0.4, 0.5) is 10.5 Å². The Morgan fingerprint density at radius 2 is 1.70 bits per heavy atom. The molecule has 0 saturated heterocycles. The summed E-state index contributed by atoms with van der Waals surface area (Å²) in [6.45, 7) is 6.65. The van der Waals surface area contributed by atoms with Crippen molar-refractivity contribution in [2.75, 3.05) is 32.5 Å². The van der Waals surface area contributed by atoms with Crippen LogP contribution in [-0.2, 0) is 21.5 Å². The second kappa shape index (κ2) is 11.7. The number of likely N-dealkylation sites (N-methyl/N-ethyl adjacent to an activating group) is 1. The fourth-order valence-corrected chi connectivity index (χ4v) is 3.83. The van der Waals surface area contributed by atoms with Gasteiger partial charge in [-0.2, -0.15) is 8.42 Å². The van der Waals surface area contributed by atoms with Crippen LogP contribution in [0.15, 0.2) is 53.4 Å². The standard InChI is InChI=1S/C23H32N4O5S/c1-17(2)24-23(29)27(14-13-26(4)5)16-19-7-6-8-21(15-19)32-33(30,31)22-11-9-20(10-12-22)25-18(3)28/h6-12,15,17H,13-14,16H2,1-5H3,(H,24,29)(H,25,28). The molecule has 2 aromatic rings. The van der Waals surface area contributed by atoms with E-state index >= 15 is 0 Å². The highest BCUT2D eigenvalue weighted by molar-refractivity contribution is 7.87. The molecule has 10 heteroatoms. The molecule has 0 aliphatic heterocycles. The molecule has 33 heavy (non-hydrogen) atoms. The van der Waals surface area contributed by atoms with Gasteiger partial charge in [0, 0.05) is 38.3 Å². The van der Waals surface area contributed by atoms with Gasteiger partial charge in [-0.1, -0.05) is 12.1 Å². The van der Waals surface area contributed by atoms with Crippen LogP contribution in [0, 0.1) is 0 Å². The van der Waals surface area contributed by atoms with Crippen molar-refractivity contribution in [2.45, 2.75) is 38.3 Å². The maximum atomic E-state index is 12.7. The third kappa shape index (κ3) is 8.74. The lowest BCUT2D eigenvalue weighted by atomic mass is 10.2. The number of urea groups is 1. The first-order valence-corrected chi connectivity index (χ1v) is 12.0. The average molecular weight is 477 g/mol. The minimum absolute atomic E-state index is 0.00352. The van der Waals surface area contributed by atoms with Crippen LogP contribution in [0.2, 0.25) is 0 Å². The van der Waals surface area contributed by atoms with Crippen molar-refractivity contribution >= 4 is 27.7 Å². The molecule has 0 fully saturated rings. The van der Waals surface area contributed by atoms with Crippen LogP contribution in [-0.4, -0.2) is 63.4 Å². The predicted octanol–water partition coefficient (Wildman–Crippen LogP) is 2.89. The van der Waals surface area contributed by atoms with E-state index in [1.807, 2.05) is 38.9 Å². The lowest BCUT2D eigenvalue weighted by Gasteiger charge is -2.26. The summed E-state index contributed by atoms with van der Waals surface area (Å²) >= 11 is 0. The van der Waals surface area contributed by atoms with Crippen molar-refractivity contribution in [3.63, 3.8) is 0 Å². The summed E-state index contributed by atoms with van der Waals surface area (Å²) in [4.78, 5) is 27.4. The van der Waals surface area contributed by atoms with Gasteiger partial charge in [0.2, 0.25) is 5.91 Å². The Labute approximate surface area is 195 Å². The zero-order valence-corrected chi connectivity index (χ0v) is 20.5. The molecule has 0 aliphatic rings. The Kier molecular flexibility index (Phi) is 9.24. The molecule has 2 rings (SSSR count). The number of nitrogens with one attached hydrogen (secondary N) is 2. The largest absolute Gasteiger partial charge is 0.379 e. The number of hydrogen-bond acceptors (Lipinski definition) is 6. The highest BCUT2D eigenvalue weighted by atomic mass is 32.2. The molecule has 3 amide bonds. The summed E-state index contributed by atoms with van der Waals surface area (Å²) < 4.78 is 30.7. The minimum Gasteiger partial charge on any atom is -0.379 e. The monoisotopic (exact) mass is 476 g/mol. The molecule has 0 radical (unpaired) electrons. The Balaban J connectivity index is 2.16. The number of rotatable bonds is 10. The second-order valence-electron chi connectivity index (χ2n) is 8.22. The van der Waals surface area contributed by atoms with E-state index in [1.54, 1.807) is 23.1 Å². The van der Waals surface area contributed by atoms with E-state index in [2.05, 4.69) is 10.6 Å². The van der Waals surface area contributed by atoms with E-state index < -0.39 is 10.1 Å². The van der Waals surface area contributed by atoms with Gasteiger partial charge in [-0.15, -0.1) is 0 Å². The smallest absolute Gasteiger partial charge is 0.339 e. The maximum absolute atomic E-state index is 12.7. The van der Waals surface area contributed by atoms with Crippen molar-refractivity contribution in [2.24, 2.45) is 0 Å². The van der Waals surface area contributed by atoms with Gasteiger partial charge in [0.1, 0.15) is 10.6 Å². The number of anilines is 1. The quantitative estimate of drug-likeness (QED) is 0.511. The molecule has 2 aromatic carbocycles. The minimum atomic E-state index is -4.07. The summed E-state index contributed by atoms with van der Waals surface area (Å²) in [5.74, 6) is -0.101. The van der Waals surface area contributed by atoms with Gasteiger partial charge in [0.05, 0.1) is 0 Å². The van der Waals surface area contributed by atoms with E-state index in [9.17, 15) is 18.0 Å². The van der Waals surface area contributed by atoms with E-state index in [-0.39, 0.29) is 28.6 Å². The van der Waals surface area contributed by atoms with Crippen LogP contribution >= 0.6 is 0 Å². The third-order valence-electron chi connectivity index (χ3n) is 4.46. The molecule has 0 unspecified atom stereocenters. The van der Waals surface area contributed by atoms with Crippen LogP contribution in [0.3, 0.4) is 0 Å². The van der Waals surface area contributed by atoms with Crippen LogP contribution in [0.5, 0.6) is 5.75 Å². The highest BCUT2D eigenvalue weighted by Gasteiger charge is 2.19. The third-order valence-corrected chi connectivity index (χ3v) is 5.72. The first-order valence-electron chi connectivity index (χ1n) is 10.6. The fraction of sp³-hybridized carbons (Fsp3) is 0.391. The van der Waals surface area contributed by atoms with Crippen molar-refractivity contribution in [1.82, 2.24) is 15.1 Å². The van der Waals surface area contributed by atoms with Gasteiger partial charge in [-0.05, 0) is 69.9 Å². The second-order valence-corrected chi connectivity index (χ2v) is 9.77. The Morgan fingerprint density at radius 3 is 2.27 bits per heavy atom. The summed E-state index contributed by atoms with van der Waals surface area (Å²) in [6.07, 6.45) is 0. The maximum Gasteiger partial charge on any atom is 0.339 e. The van der Waals surface area contributed by atoms with Crippen molar-refractivity contribution < 1.29 is 22.2 Å². The summed E-state index contributed by atoms with van der Waals surface area (Å²) in [6, 6.07) is 12.2. The number of hydrogen-bond donors (Lipinski definition) is 2. The first-order chi connectivity index (χ1) is 15.5. The molecular weight excluding hydrogens is 444 g/mol. The molecule has 0 heterocycles. The molecule has 0 aromatic heterocycles. The summed E-state index contributed by atoms with van der Waals surface area (Å²) in [5, 5.41) is 5.47. The number of carbonyl (C=O) groups excluding carboxylic acids is 2. The van der Waals surface area contributed by atoms with E-state index in [4.69, 9.17) is 4.18 Å². The Morgan fingerprint density at radius 1 is 1.03 bits per heavy atom. The van der Waals surface area contributed by atoms with Crippen molar-refractivity contribution in [1.29, 1.82) is 0 Å². The van der Waals surface area contributed by atoms with Crippen molar-refractivity contribution in [3.05, 3.63) is 54.1 Å². The van der Waals surface area contributed by atoms with Gasteiger partial charge < -0.3 is 24.6 Å². The average Bonchev–Trinajstić information content (AvgIpc) is 2.70. The van der Waals surface area contributed by atoms with Gasteiger partial charge in [0.25, 0.3) is 0 Å². The number of benzene rings is 2. The van der Waals surface area contributed by atoms with Crippen molar-refractivity contribution in [3.8, 4) is 5.75 Å². The van der Waals surface area contributed by atoms with E-state index in [0.717, 1.165) is 5.56 Å². The molecule has 180 valence electrons. The van der Waals surface area contributed by atoms with Crippen LogP contribution in [0.1, 0.15) is 26.3 Å². The number of nitrogens with zero attached hydrogens (tertiary/aromatic N) is 2. The molecular formula is C23H32N4O5S. The zero-order valence-electron chi connectivity index (χ0n) is 19.7. The van der Waals surface area contributed by atoms with Gasteiger partial charge >= 0.3 is 16.1 Å². The van der Waals surface area contributed by atoms with E-state index in [1.165, 1.54) is 31.2 Å². The van der Waals surface area contributed by atoms with E-state index in [0.29, 0.717) is 25.3 Å². The SMILES string of the molecule is CC(=O)Nc1ccc(S(=O)(=O)Oc2cccc(CN(CCN(C)C)C(=O)NC(C)C)c2)cc1. The topological polar surface area (TPSA) is 108 Å². The normalized spacial score (nSPS) is 11.4. The van der Waals surface area contributed by atoms with Gasteiger partial charge in [-0.25, -0.2) is 4.79 Å². The van der Waals surface area contributed by atoms with Gasteiger partial charge in [0.15, 0.2) is 0 Å². The molecule has 9 nitrogen and oxygen atoms in total. The predicted molar refractivity (Wildman–Crippen MR) is 128 cm³/mol. The van der Waals surface area contributed by atoms with Gasteiger partial charge in [-0.3, -0.25) is 4.79 Å². The lowest BCUT2D eigenvalue weighted by Crippen LogP contribution is -2.45. The molecule has 0 aliphatic carbocycles. The Hall–Kier alpha value is -3.11. The highest BCUT2D eigenvalue weighted by Crippen LogP contribution is 2.22. The summed E-state index contributed by atoms with van der Waals surface area (Å²) in [5.41, 5.74) is 1.22.